The molecule has 0 atom stereocenters. The van der Waals surface area contributed by atoms with Gasteiger partial charge in [0, 0.05) is 25.7 Å². The number of methoxy groups -OCH3 is 2. The fourth-order valence-corrected chi connectivity index (χ4v) is 4.31. The van der Waals surface area contributed by atoms with Gasteiger partial charge in [0.25, 0.3) is 5.56 Å². The summed E-state index contributed by atoms with van der Waals surface area (Å²) in [5.74, 6) is 0.242. The van der Waals surface area contributed by atoms with Crippen LogP contribution in [-0.2, 0) is 18.9 Å². The summed E-state index contributed by atoms with van der Waals surface area (Å²) in [7, 11) is 5.84. The second kappa shape index (κ2) is 10.2. The van der Waals surface area contributed by atoms with Crippen molar-refractivity contribution in [3.8, 4) is 22.9 Å². The average molecular weight is 512 g/mol. The van der Waals surface area contributed by atoms with Crippen molar-refractivity contribution in [2.75, 3.05) is 25.3 Å². The van der Waals surface area contributed by atoms with Crippen LogP contribution >= 0.6 is 11.8 Å². The Morgan fingerprint density at radius 2 is 1.75 bits per heavy atom. The third kappa shape index (κ3) is 4.80. The molecule has 4 aromatic rings. The number of hydrogen-bond donors (Lipinski definition) is 1. The number of aryl methyl sites for hydroxylation is 1. The molecule has 4 rings (SSSR count). The second-order valence-corrected chi connectivity index (χ2v) is 8.63. The monoisotopic (exact) mass is 511 g/mol. The molecule has 0 radical (unpaired) electrons. The van der Waals surface area contributed by atoms with Gasteiger partial charge in [-0.15, -0.1) is 0 Å². The number of fused-ring (bicyclic) bond motifs is 1. The molecule has 10 nitrogen and oxygen atoms in total. The lowest BCUT2D eigenvalue weighted by atomic mass is 10.2. The number of rotatable bonds is 7. The van der Waals surface area contributed by atoms with Gasteiger partial charge in [0.2, 0.25) is 5.91 Å². The number of nitrogens with zero attached hydrogens (tertiary/aromatic N) is 4. The minimum absolute atomic E-state index is 0.0993. The molecule has 2 aromatic carbocycles. The fraction of sp³-hybridized carbons (Fsp3) is 0.208. The Morgan fingerprint density at radius 1 is 1.03 bits per heavy atom. The number of halogens is 1. The molecule has 2 aromatic heterocycles. The molecule has 0 aliphatic rings. The van der Waals surface area contributed by atoms with E-state index in [0.717, 1.165) is 16.3 Å². The molecule has 0 aliphatic carbocycles. The van der Waals surface area contributed by atoms with Crippen molar-refractivity contribution in [3.63, 3.8) is 0 Å². The Bertz CT molecular complexity index is 1580. The largest absolute Gasteiger partial charge is 0.497 e. The first-order chi connectivity index (χ1) is 17.2. The summed E-state index contributed by atoms with van der Waals surface area (Å²) in [5.41, 5.74) is -0.139. The Labute approximate surface area is 208 Å². The summed E-state index contributed by atoms with van der Waals surface area (Å²) in [5, 5.41) is 3.08. The second-order valence-electron chi connectivity index (χ2n) is 7.67. The number of carbonyl (C=O) groups is 1. The molecule has 0 bridgehead atoms. The van der Waals surface area contributed by atoms with Crippen LogP contribution in [0.1, 0.15) is 0 Å². The number of anilines is 1. The van der Waals surface area contributed by atoms with Crippen LogP contribution in [0.15, 0.2) is 57.1 Å². The molecule has 0 saturated heterocycles. The summed E-state index contributed by atoms with van der Waals surface area (Å²) in [4.78, 5) is 47.2. The zero-order valence-electron chi connectivity index (χ0n) is 19.9. The first kappa shape index (κ1) is 24.9. The molecule has 12 heteroatoms. The van der Waals surface area contributed by atoms with Crippen LogP contribution < -0.4 is 26.0 Å². The van der Waals surface area contributed by atoms with E-state index in [0.29, 0.717) is 22.7 Å². The molecule has 1 amide bonds. The van der Waals surface area contributed by atoms with Crippen LogP contribution in [0.3, 0.4) is 0 Å². The quantitative estimate of drug-likeness (QED) is 0.297. The lowest BCUT2D eigenvalue weighted by molar-refractivity contribution is -0.113. The van der Waals surface area contributed by atoms with Crippen LogP contribution in [0.4, 0.5) is 10.1 Å². The molecule has 0 aliphatic heterocycles. The van der Waals surface area contributed by atoms with Crippen LogP contribution in [-0.4, -0.2) is 45.0 Å². The molecule has 0 unspecified atom stereocenters. The molecule has 1 N–H and O–H groups in total. The van der Waals surface area contributed by atoms with E-state index in [9.17, 15) is 18.8 Å². The maximum absolute atomic E-state index is 13.4. The number of thioether (sulfide) groups is 1. The highest BCUT2D eigenvalue weighted by molar-refractivity contribution is 8.00. The van der Waals surface area contributed by atoms with Gasteiger partial charge in [-0.25, -0.2) is 19.2 Å². The Balaban J connectivity index is 1.73. The lowest BCUT2D eigenvalue weighted by Gasteiger charge is -2.13. The molecular formula is C24H22FN5O5S. The van der Waals surface area contributed by atoms with E-state index in [4.69, 9.17) is 9.47 Å². The van der Waals surface area contributed by atoms with Crippen molar-refractivity contribution < 1.29 is 18.7 Å². The van der Waals surface area contributed by atoms with Gasteiger partial charge >= 0.3 is 5.69 Å². The maximum Gasteiger partial charge on any atom is 0.332 e. The van der Waals surface area contributed by atoms with Crippen LogP contribution in [0, 0.1) is 5.82 Å². The van der Waals surface area contributed by atoms with Crippen LogP contribution in [0.2, 0.25) is 0 Å². The Hall–Kier alpha value is -4.19. The SMILES string of the molecule is COc1ccc(OC)c(NC(=O)CSc2nc(-c3ccc(F)cc3)nc3c2c(=O)n(C)c(=O)n3C)c1. The lowest BCUT2D eigenvalue weighted by Crippen LogP contribution is -2.37. The van der Waals surface area contributed by atoms with E-state index in [2.05, 4.69) is 15.3 Å². The van der Waals surface area contributed by atoms with Crippen LogP contribution in [0.5, 0.6) is 11.5 Å². The highest BCUT2D eigenvalue weighted by Gasteiger charge is 2.19. The van der Waals surface area contributed by atoms with Gasteiger partial charge in [0.05, 0.1) is 25.7 Å². The number of nitrogens with one attached hydrogen (secondary N) is 1. The first-order valence-electron chi connectivity index (χ1n) is 10.6. The summed E-state index contributed by atoms with van der Waals surface area (Å²) in [6.07, 6.45) is 0. The number of amides is 1. The molecule has 36 heavy (non-hydrogen) atoms. The molecule has 0 fully saturated rings. The highest BCUT2D eigenvalue weighted by Crippen LogP contribution is 2.30. The third-order valence-electron chi connectivity index (χ3n) is 5.39. The van der Waals surface area contributed by atoms with Gasteiger partial charge in [-0.3, -0.25) is 18.7 Å². The van der Waals surface area contributed by atoms with Gasteiger partial charge in [0.1, 0.15) is 27.7 Å². The predicted octanol–water partition coefficient (Wildman–Crippen LogP) is 2.58. The summed E-state index contributed by atoms with van der Waals surface area (Å²) in [6, 6.07) is 10.5. The molecule has 186 valence electrons. The number of hydrogen-bond acceptors (Lipinski definition) is 8. The zero-order valence-corrected chi connectivity index (χ0v) is 20.7. The number of ether oxygens (including phenoxy) is 2. The molecule has 0 spiro atoms. The summed E-state index contributed by atoms with van der Waals surface area (Å²) < 4.78 is 26.1. The van der Waals surface area contributed by atoms with Gasteiger partial charge in [0.15, 0.2) is 11.5 Å². The van der Waals surface area contributed by atoms with Gasteiger partial charge in [-0.05, 0) is 36.4 Å². The van der Waals surface area contributed by atoms with Gasteiger partial charge < -0.3 is 14.8 Å². The minimum Gasteiger partial charge on any atom is -0.497 e. The highest BCUT2D eigenvalue weighted by atomic mass is 32.2. The van der Waals surface area contributed by atoms with Crippen molar-refractivity contribution in [2.45, 2.75) is 5.03 Å². The Morgan fingerprint density at radius 3 is 2.42 bits per heavy atom. The molecular weight excluding hydrogens is 489 g/mol. The van der Waals surface area contributed by atoms with Gasteiger partial charge in [-0.1, -0.05) is 11.8 Å². The van der Waals surface area contributed by atoms with E-state index < -0.39 is 17.1 Å². The maximum atomic E-state index is 13.4. The molecule has 0 saturated carbocycles. The van der Waals surface area contributed by atoms with Crippen molar-refractivity contribution >= 4 is 34.4 Å². The standard InChI is InChI=1S/C24H22FN5O5S/c1-29-21-19(23(32)30(2)24(29)33)22(28-20(27-21)13-5-7-14(25)8-6-13)36-12-18(31)26-16-11-15(34-3)9-10-17(16)35-4/h5-11H,12H2,1-4H3,(H,26,31). The average Bonchev–Trinajstić information content (AvgIpc) is 2.89. The van der Waals surface area contributed by atoms with Crippen molar-refractivity contribution in [2.24, 2.45) is 14.1 Å². The van der Waals surface area contributed by atoms with Crippen molar-refractivity contribution in [1.82, 2.24) is 19.1 Å². The molecule has 2 heterocycles. The number of benzene rings is 2. The van der Waals surface area contributed by atoms with Crippen LogP contribution in [0.25, 0.3) is 22.4 Å². The van der Waals surface area contributed by atoms with E-state index in [1.807, 2.05) is 0 Å². The van der Waals surface area contributed by atoms with Gasteiger partial charge in [-0.2, -0.15) is 0 Å². The topological polar surface area (TPSA) is 117 Å². The van der Waals surface area contributed by atoms with Crippen molar-refractivity contribution in [1.29, 1.82) is 0 Å². The van der Waals surface area contributed by atoms with E-state index in [1.54, 1.807) is 18.2 Å². The number of aromatic nitrogens is 4. The predicted molar refractivity (Wildman–Crippen MR) is 134 cm³/mol. The normalized spacial score (nSPS) is 10.9. The third-order valence-corrected chi connectivity index (χ3v) is 6.37. The summed E-state index contributed by atoms with van der Waals surface area (Å²) in [6.45, 7) is 0. The van der Waals surface area contributed by atoms with E-state index in [-0.39, 0.29) is 33.5 Å². The minimum atomic E-state index is -0.587. The van der Waals surface area contributed by atoms with E-state index >= 15 is 0 Å². The van der Waals surface area contributed by atoms with E-state index in [1.165, 1.54) is 57.1 Å². The fourth-order valence-electron chi connectivity index (χ4n) is 3.49. The first-order valence-corrected chi connectivity index (χ1v) is 11.6. The zero-order chi connectivity index (χ0) is 26.0. The summed E-state index contributed by atoms with van der Waals surface area (Å²) >= 11 is 1.01. The van der Waals surface area contributed by atoms with Crippen molar-refractivity contribution in [3.05, 3.63) is 69.1 Å². The smallest absolute Gasteiger partial charge is 0.332 e. The number of carbonyl (C=O) groups excluding carboxylic acids is 1. The Kier molecular flexibility index (Phi) is 7.06.